The van der Waals surface area contributed by atoms with Crippen LogP contribution in [0.25, 0.3) is 0 Å². The summed E-state index contributed by atoms with van der Waals surface area (Å²) in [7, 11) is 0. The fraction of sp³-hybridized carbons (Fsp3) is 0.750. The lowest BCUT2D eigenvalue weighted by Crippen LogP contribution is -2.28. The SMILES string of the molecule is CC(C)c1cc([C@@H]2CCCN2CCN)on1. The first kappa shape index (κ1) is 11.6. The van der Waals surface area contributed by atoms with Gasteiger partial charge in [0, 0.05) is 19.2 Å². The molecular formula is C12H21N3O. The summed E-state index contributed by atoms with van der Waals surface area (Å²) >= 11 is 0. The van der Waals surface area contributed by atoms with Crippen molar-refractivity contribution in [2.45, 2.75) is 38.6 Å². The van der Waals surface area contributed by atoms with Crippen LogP contribution < -0.4 is 5.73 Å². The topological polar surface area (TPSA) is 55.3 Å². The zero-order chi connectivity index (χ0) is 11.5. The van der Waals surface area contributed by atoms with Gasteiger partial charge in [-0.1, -0.05) is 19.0 Å². The third-order valence-electron chi connectivity index (χ3n) is 3.25. The molecule has 0 aromatic carbocycles. The predicted molar refractivity (Wildman–Crippen MR) is 63.2 cm³/mol. The van der Waals surface area contributed by atoms with Gasteiger partial charge in [-0.05, 0) is 25.3 Å². The van der Waals surface area contributed by atoms with Crippen LogP contribution in [0.4, 0.5) is 0 Å². The Morgan fingerprint density at radius 1 is 1.62 bits per heavy atom. The first-order valence-electron chi connectivity index (χ1n) is 6.13. The maximum atomic E-state index is 5.61. The van der Waals surface area contributed by atoms with E-state index in [9.17, 15) is 0 Å². The van der Waals surface area contributed by atoms with Crippen molar-refractivity contribution < 1.29 is 4.52 Å². The molecule has 16 heavy (non-hydrogen) atoms. The summed E-state index contributed by atoms with van der Waals surface area (Å²) in [4.78, 5) is 2.39. The molecule has 1 aromatic heterocycles. The summed E-state index contributed by atoms with van der Waals surface area (Å²) in [5.74, 6) is 1.44. The Morgan fingerprint density at radius 2 is 2.44 bits per heavy atom. The Balaban J connectivity index is 2.10. The van der Waals surface area contributed by atoms with Gasteiger partial charge < -0.3 is 10.3 Å². The van der Waals surface area contributed by atoms with Gasteiger partial charge >= 0.3 is 0 Å². The monoisotopic (exact) mass is 223 g/mol. The molecule has 1 fully saturated rings. The highest BCUT2D eigenvalue weighted by Gasteiger charge is 2.28. The van der Waals surface area contributed by atoms with Crippen molar-refractivity contribution >= 4 is 0 Å². The van der Waals surface area contributed by atoms with Gasteiger partial charge in [-0.15, -0.1) is 0 Å². The van der Waals surface area contributed by atoms with Crippen molar-refractivity contribution in [1.29, 1.82) is 0 Å². The molecule has 4 heteroatoms. The summed E-state index contributed by atoms with van der Waals surface area (Å²) in [6.07, 6.45) is 2.38. The summed E-state index contributed by atoms with van der Waals surface area (Å²) < 4.78 is 5.45. The molecule has 4 nitrogen and oxygen atoms in total. The van der Waals surface area contributed by atoms with Gasteiger partial charge in [0.2, 0.25) is 0 Å². The molecule has 0 spiro atoms. The molecule has 1 aliphatic rings. The van der Waals surface area contributed by atoms with Gasteiger partial charge in [0.15, 0.2) is 5.76 Å². The maximum absolute atomic E-state index is 5.61. The maximum Gasteiger partial charge on any atom is 0.154 e. The van der Waals surface area contributed by atoms with Gasteiger partial charge in [-0.2, -0.15) is 0 Å². The third-order valence-corrected chi connectivity index (χ3v) is 3.25. The van der Waals surface area contributed by atoms with Crippen molar-refractivity contribution in [3.8, 4) is 0 Å². The van der Waals surface area contributed by atoms with Crippen LogP contribution in [0, 0.1) is 0 Å². The Morgan fingerprint density at radius 3 is 3.06 bits per heavy atom. The smallest absolute Gasteiger partial charge is 0.154 e. The van der Waals surface area contributed by atoms with Gasteiger partial charge in [-0.25, -0.2) is 0 Å². The molecule has 2 rings (SSSR count). The molecule has 0 unspecified atom stereocenters. The van der Waals surface area contributed by atoms with E-state index >= 15 is 0 Å². The molecular weight excluding hydrogens is 202 g/mol. The fourth-order valence-electron chi connectivity index (χ4n) is 2.31. The number of nitrogens with two attached hydrogens (primary N) is 1. The largest absolute Gasteiger partial charge is 0.359 e. The molecule has 2 heterocycles. The van der Waals surface area contributed by atoms with Crippen LogP contribution in [0.15, 0.2) is 10.6 Å². The zero-order valence-electron chi connectivity index (χ0n) is 10.1. The highest BCUT2D eigenvalue weighted by molar-refractivity contribution is 5.13. The molecule has 1 aliphatic heterocycles. The van der Waals surface area contributed by atoms with Gasteiger partial charge in [0.25, 0.3) is 0 Å². The van der Waals surface area contributed by atoms with Crippen LogP contribution in [-0.2, 0) is 0 Å². The number of nitrogens with zero attached hydrogens (tertiary/aromatic N) is 2. The van der Waals surface area contributed by atoms with E-state index in [0.717, 1.165) is 31.0 Å². The third kappa shape index (κ3) is 2.28. The summed E-state index contributed by atoms with van der Waals surface area (Å²) in [6, 6.07) is 2.49. The fourth-order valence-corrected chi connectivity index (χ4v) is 2.31. The van der Waals surface area contributed by atoms with Crippen molar-refractivity contribution in [2.75, 3.05) is 19.6 Å². The van der Waals surface area contributed by atoms with Crippen LogP contribution in [0.5, 0.6) is 0 Å². The first-order chi connectivity index (χ1) is 7.72. The van der Waals surface area contributed by atoms with E-state index in [4.69, 9.17) is 10.3 Å². The molecule has 1 atom stereocenters. The molecule has 0 amide bonds. The average molecular weight is 223 g/mol. The van der Waals surface area contributed by atoms with Gasteiger partial charge in [0.1, 0.15) is 0 Å². The molecule has 2 N–H and O–H groups in total. The second kappa shape index (κ2) is 4.97. The van der Waals surface area contributed by atoms with E-state index in [1.165, 1.54) is 6.42 Å². The number of hydrogen-bond acceptors (Lipinski definition) is 4. The number of aromatic nitrogens is 1. The van der Waals surface area contributed by atoms with Crippen LogP contribution >= 0.6 is 0 Å². The second-order valence-corrected chi connectivity index (χ2v) is 4.79. The van der Waals surface area contributed by atoms with Crippen molar-refractivity contribution in [2.24, 2.45) is 5.73 Å². The van der Waals surface area contributed by atoms with E-state index in [2.05, 4.69) is 30.0 Å². The van der Waals surface area contributed by atoms with Crippen LogP contribution in [0.1, 0.15) is 50.1 Å². The summed E-state index contributed by atoms with van der Waals surface area (Å²) in [5.41, 5.74) is 6.66. The highest BCUT2D eigenvalue weighted by atomic mass is 16.5. The van der Waals surface area contributed by atoms with Crippen LogP contribution in [-0.4, -0.2) is 29.7 Å². The normalized spacial score (nSPS) is 22.1. The van der Waals surface area contributed by atoms with Gasteiger partial charge in [-0.3, -0.25) is 4.90 Å². The molecule has 90 valence electrons. The quantitative estimate of drug-likeness (QED) is 0.847. The van der Waals surface area contributed by atoms with E-state index in [-0.39, 0.29) is 0 Å². The minimum atomic E-state index is 0.392. The molecule has 0 saturated carbocycles. The van der Waals surface area contributed by atoms with E-state index in [1.54, 1.807) is 0 Å². The lowest BCUT2D eigenvalue weighted by atomic mass is 10.1. The highest BCUT2D eigenvalue weighted by Crippen LogP contribution is 2.32. The molecule has 0 aliphatic carbocycles. The minimum Gasteiger partial charge on any atom is -0.359 e. The van der Waals surface area contributed by atoms with Crippen molar-refractivity contribution in [3.63, 3.8) is 0 Å². The minimum absolute atomic E-state index is 0.392. The summed E-state index contributed by atoms with van der Waals surface area (Å²) in [6.45, 7) is 7.05. The van der Waals surface area contributed by atoms with E-state index in [0.29, 0.717) is 18.5 Å². The first-order valence-corrected chi connectivity index (χ1v) is 6.13. The number of hydrogen-bond donors (Lipinski definition) is 1. The Hall–Kier alpha value is -0.870. The Bertz CT molecular complexity index is 335. The lowest BCUT2D eigenvalue weighted by Gasteiger charge is -2.20. The van der Waals surface area contributed by atoms with Crippen molar-refractivity contribution in [1.82, 2.24) is 10.1 Å². The van der Waals surface area contributed by atoms with E-state index < -0.39 is 0 Å². The predicted octanol–water partition coefficient (Wildman–Crippen LogP) is 1.89. The zero-order valence-corrected chi connectivity index (χ0v) is 10.1. The molecule has 1 aromatic rings. The van der Waals surface area contributed by atoms with Gasteiger partial charge in [0.05, 0.1) is 11.7 Å². The number of likely N-dealkylation sites (tertiary alicyclic amines) is 1. The Kier molecular flexibility index (Phi) is 3.61. The Labute approximate surface area is 96.8 Å². The van der Waals surface area contributed by atoms with Crippen molar-refractivity contribution in [3.05, 3.63) is 17.5 Å². The average Bonchev–Trinajstić information content (AvgIpc) is 2.84. The summed E-state index contributed by atoms with van der Waals surface area (Å²) in [5, 5.41) is 4.12. The lowest BCUT2D eigenvalue weighted by molar-refractivity contribution is 0.218. The van der Waals surface area contributed by atoms with Crippen LogP contribution in [0.3, 0.4) is 0 Å². The second-order valence-electron chi connectivity index (χ2n) is 4.79. The number of rotatable bonds is 4. The van der Waals surface area contributed by atoms with E-state index in [1.807, 2.05) is 0 Å². The molecule has 0 bridgehead atoms. The standard InChI is InChI=1S/C12H21N3O/c1-9(2)10-8-12(16-14-10)11-4-3-6-15(11)7-5-13/h8-9,11H,3-7,13H2,1-2H3/t11-/m0/s1. The van der Waals surface area contributed by atoms with Crippen LogP contribution in [0.2, 0.25) is 0 Å². The molecule has 0 radical (unpaired) electrons. The molecule has 1 saturated heterocycles.